The maximum atomic E-state index is 11.5. The van der Waals surface area contributed by atoms with Crippen LogP contribution in [0.2, 0.25) is 0 Å². The van der Waals surface area contributed by atoms with Crippen molar-refractivity contribution in [3.05, 3.63) is 29.3 Å². The lowest BCUT2D eigenvalue weighted by atomic mass is 10.0. The van der Waals surface area contributed by atoms with Gasteiger partial charge in [-0.1, -0.05) is 12.1 Å². The largest absolute Gasteiger partial charge is 0.368 e. The van der Waals surface area contributed by atoms with Crippen LogP contribution in [0.5, 0.6) is 0 Å². The first-order valence-corrected chi connectivity index (χ1v) is 5.50. The Labute approximate surface area is 90.9 Å². The molecule has 0 aliphatic carbocycles. The molecule has 1 heterocycles. The minimum Gasteiger partial charge on any atom is -0.368 e. The molecule has 0 radical (unpaired) electrons. The van der Waals surface area contributed by atoms with Crippen LogP contribution in [0.25, 0.3) is 0 Å². The van der Waals surface area contributed by atoms with Crippen molar-refractivity contribution in [3.63, 3.8) is 0 Å². The summed E-state index contributed by atoms with van der Waals surface area (Å²) in [6.45, 7) is 7.03. The van der Waals surface area contributed by atoms with Crippen molar-refractivity contribution in [2.75, 3.05) is 11.4 Å². The molecule has 2 heteroatoms. The van der Waals surface area contributed by atoms with Gasteiger partial charge in [-0.2, -0.15) is 0 Å². The van der Waals surface area contributed by atoms with Crippen molar-refractivity contribution in [3.8, 4) is 0 Å². The fourth-order valence-corrected chi connectivity index (χ4v) is 2.29. The maximum absolute atomic E-state index is 11.5. The highest BCUT2D eigenvalue weighted by Gasteiger charge is 2.25. The molecule has 2 rings (SSSR count). The molecule has 2 nitrogen and oxygen atoms in total. The Kier molecular flexibility index (Phi) is 2.51. The van der Waals surface area contributed by atoms with Crippen molar-refractivity contribution in [1.82, 2.24) is 0 Å². The van der Waals surface area contributed by atoms with Crippen molar-refractivity contribution in [2.24, 2.45) is 0 Å². The van der Waals surface area contributed by atoms with Gasteiger partial charge in [0.15, 0.2) is 5.78 Å². The summed E-state index contributed by atoms with van der Waals surface area (Å²) in [5.41, 5.74) is 3.36. The highest BCUT2D eigenvalue weighted by molar-refractivity contribution is 6.01. The van der Waals surface area contributed by atoms with E-state index in [-0.39, 0.29) is 5.78 Å². The van der Waals surface area contributed by atoms with Gasteiger partial charge in [-0.25, -0.2) is 0 Å². The predicted octanol–water partition coefficient (Wildman–Crippen LogP) is 2.66. The Hall–Kier alpha value is -1.31. The lowest BCUT2D eigenvalue weighted by Gasteiger charge is -2.25. The standard InChI is InChI=1S/C13H17NO/c1-9(2)14-8-7-11-5-4-6-12(10(3)15)13(11)14/h4-6,9H,7-8H2,1-3H3. The lowest BCUT2D eigenvalue weighted by Crippen LogP contribution is -2.29. The molecule has 0 bridgehead atoms. The Morgan fingerprint density at radius 3 is 2.73 bits per heavy atom. The second kappa shape index (κ2) is 3.69. The van der Waals surface area contributed by atoms with Crippen molar-refractivity contribution in [2.45, 2.75) is 33.2 Å². The third-order valence-electron chi connectivity index (χ3n) is 3.03. The van der Waals surface area contributed by atoms with E-state index >= 15 is 0 Å². The number of ketones is 1. The number of benzene rings is 1. The first kappa shape index (κ1) is 10.2. The van der Waals surface area contributed by atoms with E-state index < -0.39 is 0 Å². The molecular formula is C13H17NO. The topological polar surface area (TPSA) is 20.3 Å². The Bertz CT molecular complexity index is 396. The van der Waals surface area contributed by atoms with Crippen molar-refractivity contribution >= 4 is 11.5 Å². The normalized spacial score (nSPS) is 14.5. The third-order valence-corrected chi connectivity index (χ3v) is 3.03. The second-order valence-corrected chi connectivity index (χ2v) is 4.41. The summed E-state index contributed by atoms with van der Waals surface area (Å²) < 4.78 is 0. The van der Waals surface area contributed by atoms with Gasteiger partial charge in [0.05, 0.1) is 5.69 Å². The van der Waals surface area contributed by atoms with Gasteiger partial charge in [0.25, 0.3) is 0 Å². The number of rotatable bonds is 2. The quantitative estimate of drug-likeness (QED) is 0.689. The number of carbonyl (C=O) groups excluding carboxylic acids is 1. The Morgan fingerprint density at radius 1 is 1.40 bits per heavy atom. The van der Waals surface area contributed by atoms with Crippen LogP contribution in [0.4, 0.5) is 5.69 Å². The molecule has 1 aromatic carbocycles. The van der Waals surface area contributed by atoms with Crippen LogP contribution in [-0.4, -0.2) is 18.4 Å². The summed E-state index contributed by atoms with van der Waals surface area (Å²) >= 11 is 0. The molecule has 0 spiro atoms. The van der Waals surface area contributed by atoms with E-state index in [1.54, 1.807) is 6.92 Å². The van der Waals surface area contributed by atoms with Crippen LogP contribution in [0.1, 0.15) is 36.7 Å². The van der Waals surface area contributed by atoms with Crippen molar-refractivity contribution < 1.29 is 4.79 Å². The Balaban J connectivity index is 2.53. The molecular weight excluding hydrogens is 186 g/mol. The number of Topliss-reactive ketones (excluding diaryl/α,β-unsaturated/α-hetero) is 1. The minimum absolute atomic E-state index is 0.166. The van der Waals surface area contributed by atoms with Crippen LogP contribution in [0, 0.1) is 0 Å². The summed E-state index contributed by atoms with van der Waals surface area (Å²) in [6.07, 6.45) is 1.06. The number of hydrogen-bond acceptors (Lipinski definition) is 2. The fraction of sp³-hybridized carbons (Fsp3) is 0.462. The molecule has 0 N–H and O–H groups in total. The van der Waals surface area contributed by atoms with Gasteiger partial charge >= 0.3 is 0 Å². The highest BCUT2D eigenvalue weighted by Crippen LogP contribution is 2.33. The molecule has 1 aromatic rings. The third kappa shape index (κ3) is 1.65. The monoisotopic (exact) mass is 203 g/mol. The lowest BCUT2D eigenvalue weighted by molar-refractivity contribution is 0.101. The van der Waals surface area contributed by atoms with Crippen LogP contribution in [-0.2, 0) is 6.42 Å². The zero-order valence-corrected chi connectivity index (χ0v) is 9.58. The molecule has 0 aromatic heterocycles. The van der Waals surface area contributed by atoms with E-state index in [0.717, 1.165) is 18.5 Å². The molecule has 0 saturated carbocycles. The summed E-state index contributed by atoms with van der Waals surface area (Å²) in [6, 6.07) is 6.51. The first-order valence-electron chi connectivity index (χ1n) is 5.50. The van der Waals surface area contributed by atoms with Crippen LogP contribution < -0.4 is 4.90 Å². The number of fused-ring (bicyclic) bond motifs is 1. The molecule has 0 unspecified atom stereocenters. The van der Waals surface area contributed by atoms with E-state index in [1.807, 2.05) is 12.1 Å². The maximum Gasteiger partial charge on any atom is 0.161 e. The first-order chi connectivity index (χ1) is 7.11. The molecule has 15 heavy (non-hydrogen) atoms. The van der Waals surface area contributed by atoms with E-state index in [2.05, 4.69) is 24.8 Å². The average molecular weight is 203 g/mol. The minimum atomic E-state index is 0.166. The predicted molar refractivity (Wildman–Crippen MR) is 62.6 cm³/mol. The molecule has 0 saturated heterocycles. The summed E-state index contributed by atoms with van der Waals surface area (Å²) in [5.74, 6) is 0.166. The van der Waals surface area contributed by atoms with Gasteiger partial charge in [0.2, 0.25) is 0 Å². The second-order valence-electron chi connectivity index (χ2n) is 4.41. The molecule has 1 aliphatic rings. The number of hydrogen-bond donors (Lipinski definition) is 0. The fourth-order valence-electron chi connectivity index (χ4n) is 2.29. The number of nitrogens with zero attached hydrogens (tertiary/aromatic N) is 1. The molecule has 80 valence electrons. The molecule has 0 atom stereocenters. The molecule has 0 amide bonds. The highest BCUT2D eigenvalue weighted by atomic mass is 16.1. The number of carbonyl (C=O) groups is 1. The van der Waals surface area contributed by atoms with Gasteiger partial charge in [-0.05, 0) is 38.8 Å². The van der Waals surface area contributed by atoms with Crippen LogP contribution in [0.15, 0.2) is 18.2 Å². The summed E-state index contributed by atoms with van der Waals surface area (Å²) in [5, 5.41) is 0. The molecule has 0 fully saturated rings. The number of anilines is 1. The van der Waals surface area contributed by atoms with E-state index in [9.17, 15) is 4.79 Å². The SMILES string of the molecule is CC(=O)c1cccc2c1N(C(C)C)CC2. The van der Waals surface area contributed by atoms with Gasteiger partial charge in [0, 0.05) is 18.2 Å². The Morgan fingerprint density at radius 2 is 2.13 bits per heavy atom. The van der Waals surface area contributed by atoms with Gasteiger partial charge in [0.1, 0.15) is 0 Å². The zero-order chi connectivity index (χ0) is 11.0. The smallest absolute Gasteiger partial charge is 0.161 e. The van der Waals surface area contributed by atoms with Gasteiger partial charge in [-0.3, -0.25) is 4.79 Å². The average Bonchev–Trinajstić information content (AvgIpc) is 2.60. The van der Waals surface area contributed by atoms with E-state index in [0.29, 0.717) is 6.04 Å². The van der Waals surface area contributed by atoms with Crippen LogP contribution >= 0.6 is 0 Å². The van der Waals surface area contributed by atoms with Gasteiger partial charge < -0.3 is 4.90 Å². The summed E-state index contributed by atoms with van der Waals surface area (Å²) in [4.78, 5) is 13.9. The van der Waals surface area contributed by atoms with Crippen molar-refractivity contribution in [1.29, 1.82) is 0 Å². The zero-order valence-electron chi connectivity index (χ0n) is 9.58. The number of para-hydroxylation sites is 1. The van der Waals surface area contributed by atoms with Crippen LogP contribution in [0.3, 0.4) is 0 Å². The van der Waals surface area contributed by atoms with Gasteiger partial charge in [-0.15, -0.1) is 0 Å². The van der Waals surface area contributed by atoms with E-state index in [1.165, 1.54) is 11.3 Å². The molecule has 1 aliphatic heterocycles. The van der Waals surface area contributed by atoms with E-state index in [4.69, 9.17) is 0 Å². The summed E-state index contributed by atoms with van der Waals surface area (Å²) in [7, 11) is 0.